The number of hydrogen-bond acceptors (Lipinski definition) is 3. The molecule has 0 atom stereocenters. The smallest absolute Gasteiger partial charge is 0.550 e. The minimum Gasteiger partial charge on any atom is -0.550 e. The van der Waals surface area contributed by atoms with E-state index in [0.717, 1.165) is 0 Å². The van der Waals surface area contributed by atoms with E-state index in [1.807, 2.05) is 14.1 Å². The van der Waals surface area contributed by atoms with Gasteiger partial charge in [0, 0.05) is 12.5 Å². The van der Waals surface area contributed by atoms with Gasteiger partial charge in [-0.3, -0.25) is 0 Å². The third-order valence-electron chi connectivity index (χ3n) is 0.763. The van der Waals surface area contributed by atoms with Crippen molar-refractivity contribution < 1.29 is 28.8 Å². The molecule has 0 aromatic carbocycles. The van der Waals surface area contributed by atoms with Crippen LogP contribution in [0, 0.1) is 0 Å². The van der Waals surface area contributed by atoms with Crippen LogP contribution in [0.1, 0.15) is 6.42 Å². The van der Waals surface area contributed by atoms with Crippen molar-refractivity contribution in [2.45, 2.75) is 6.42 Å². The van der Waals surface area contributed by atoms with Crippen LogP contribution in [-0.2, 0) is 4.79 Å². The number of carboxylic acids is 1. The molecule has 0 rings (SSSR count). The van der Waals surface area contributed by atoms with Gasteiger partial charge in [-0.15, -0.1) is 0 Å². The maximum absolute atomic E-state index is 9.77. The standard InChI is InChI=1S/C5H11NO2.Li/c1-6(2)4-3-5(7)8;/h3-4H2,1-2H3,(H,7,8);/q;+1/p-1. The largest absolute Gasteiger partial charge is 1.00 e. The van der Waals surface area contributed by atoms with Crippen LogP contribution in [0.5, 0.6) is 0 Å². The number of carboxylic acid groups (broad SMARTS) is 1. The maximum atomic E-state index is 9.77. The molecule has 0 bridgehead atoms. The Kier molecular flexibility index (Phi) is 8.05. The van der Waals surface area contributed by atoms with Crippen LogP contribution in [0.3, 0.4) is 0 Å². The number of nitrogens with zero attached hydrogens (tertiary/aromatic N) is 1. The van der Waals surface area contributed by atoms with Gasteiger partial charge in [-0.25, -0.2) is 0 Å². The Balaban J connectivity index is 0. The van der Waals surface area contributed by atoms with Gasteiger partial charge >= 0.3 is 18.9 Å². The van der Waals surface area contributed by atoms with E-state index in [1.54, 1.807) is 4.90 Å². The molecule has 9 heavy (non-hydrogen) atoms. The molecule has 0 aromatic heterocycles. The van der Waals surface area contributed by atoms with E-state index in [4.69, 9.17) is 0 Å². The second-order valence-corrected chi connectivity index (χ2v) is 1.93. The molecule has 3 nitrogen and oxygen atoms in total. The SMILES string of the molecule is CN(C)CCC(=O)[O-].[Li+]. The minimum atomic E-state index is -0.987. The first-order chi connectivity index (χ1) is 3.63. The predicted octanol–water partition coefficient (Wildman–Crippen LogP) is -4.31. The Labute approximate surface area is 67.2 Å². The Bertz CT molecular complexity index is 85.0. The second kappa shape index (κ2) is 6.15. The summed E-state index contributed by atoms with van der Waals surface area (Å²) < 4.78 is 0. The van der Waals surface area contributed by atoms with Crippen molar-refractivity contribution in [1.82, 2.24) is 4.90 Å². The summed E-state index contributed by atoms with van der Waals surface area (Å²) in [5, 5.41) is 9.77. The van der Waals surface area contributed by atoms with Crippen LogP contribution < -0.4 is 24.0 Å². The van der Waals surface area contributed by atoms with Crippen molar-refractivity contribution >= 4 is 5.97 Å². The molecule has 0 aliphatic heterocycles. The molecular formula is C5H10LiNO2. The topological polar surface area (TPSA) is 43.4 Å². The summed E-state index contributed by atoms with van der Waals surface area (Å²) in [5.74, 6) is -0.987. The van der Waals surface area contributed by atoms with Crippen molar-refractivity contribution in [3.05, 3.63) is 0 Å². The van der Waals surface area contributed by atoms with Gasteiger partial charge in [0.25, 0.3) is 0 Å². The normalized spacial score (nSPS) is 8.78. The Morgan fingerprint density at radius 1 is 1.56 bits per heavy atom. The first kappa shape index (κ1) is 11.8. The molecule has 0 heterocycles. The van der Waals surface area contributed by atoms with Crippen molar-refractivity contribution in [1.29, 1.82) is 0 Å². The van der Waals surface area contributed by atoms with E-state index < -0.39 is 5.97 Å². The van der Waals surface area contributed by atoms with E-state index in [-0.39, 0.29) is 25.3 Å². The summed E-state index contributed by atoms with van der Waals surface area (Å²) in [4.78, 5) is 11.6. The van der Waals surface area contributed by atoms with Crippen LogP contribution in [0.4, 0.5) is 0 Å². The molecule has 0 N–H and O–H groups in total. The Hall–Kier alpha value is 0.0274. The average molecular weight is 123 g/mol. The number of aliphatic carboxylic acids is 1. The monoisotopic (exact) mass is 123 g/mol. The van der Waals surface area contributed by atoms with Crippen molar-refractivity contribution in [2.75, 3.05) is 20.6 Å². The Morgan fingerprint density at radius 2 is 2.00 bits per heavy atom. The molecule has 0 amide bonds. The van der Waals surface area contributed by atoms with Gasteiger partial charge in [0.1, 0.15) is 0 Å². The number of carbonyl (C=O) groups is 1. The second-order valence-electron chi connectivity index (χ2n) is 1.93. The van der Waals surface area contributed by atoms with Gasteiger partial charge in [-0.05, 0) is 20.5 Å². The number of carbonyl (C=O) groups excluding carboxylic acids is 1. The molecule has 0 aromatic rings. The van der Waals surface area contributed by atoms with Crippen LogP contribution in [0.15, 0.2) is 0 Å². The van der Waals surface area contributed by atoms with Crippen LogP contribution in [0.25, 0.3) is 0 Å². The van der Waals surface area contributed by atoms with Gasteiger partial charge in [0.2, 0.25) is 0 Å². The van der Waals surface area contributed by atoms with Gasteiger partial charge < -0.3 is 14.8 Å². The summed E-state index contributed by atoms with van der Waals surface area (Å²) >= 11 is 0. The van der Waals surface area contributed by atoms with Gasteiger partial charge in [-0.2, -0.15) is 0 Å². The molecule has 0 radical (unpaired) electrons. The first-order valence-electron chi connectivity index (χ1n) is 2.47. The van der Waals surface area contributed by atoms with E-state index in [2.05, 4.69) is 0 Å². The van der Waals surface area contributed by atoms with E-state index >= 15 is 0 Å². The minimum absolute atomic E-state index is 0. The van der Waals surface area contributed by atoms with Crippen LogP contribution >= 0.6 is 0 Å². The summed E-state index contributed by atoms with van der Waals surface area (Å²) in [5.41, 5.74) is 0. The van der Waals surface area contributed by atoms with Crippen molar-refractivity contribution in [3.63, 3.8) is 0 Å². The van der Waals surface area contributed by atoms with E-state index in [1.165, 1.54) is 0 Å². The zero-order chi connectivity index (χ0) is 6.57. The molecule has 4 heteroatoms. The Morgan fingerprint density at radius 3 is 2.11 bits per heavy atom. The van der Waals surface area contributed by atoms with Gasteiger partial charge in [0.15, 0.2) is 0 Å². The molecule has 48 valence electrons. The average Bonchev–Trinajstić information content (AvgIpc) is 1.61. The third kappa shape index (κ3) is 11.5. The van der Waals surface area contributed by atoms with Crippen LogP contribution in [0.2, 0.25) is 0 Å². The fourth-order valence-electron chi connectivity index (χ4n) is 0.315. The molecule has 0 unspecified atom stereocenters. The molecule has 0 fully saturated rings. The zero-order valence-electron chi connectivity index (χ0n) is 6.18. The zero-order valence-corrected chi connectivity index (χ0v) is 6.18. The maximum Gasteiger partial charge on any atom is 1.00 e. The van der Waals surface area contributed by atoms with Gasteiger partial charge in [-0.1, -0.05) is 0 Å². The van der Waals surface area contributed by atoms with Gasteiger partial charge in [0.05, 0.1) is 0 Å². The molecular weight excluding hydrogens is 113 g/mol. The summed E-state index contributed by atoms with van der Waals surface area (Å²) in [6.45, 7) is 0.558. The summed E-state index contributed by atoms with van der Waals surface area (Å²) in [7, 11) is 3.64. The molecule has 0 aliphatic carbocycles. The van der Waals surface area contributed by atoms with E-state index in [9.17, 15) is 9.90 Å². The first-order valence-corrected chi connectivity index (χ1v) is 2.47. The van der Waals surface area contributed by atoms with Crippen molar-refractivity contribution in [2.24, 2.45) is 0 Å². The fraction of sp³-hybridized carbons (Fsp3) is 0.800. The molecule has 0 spiro atoms. The predicted molar refractivity (Wildman–Crippen MR) is 28.2 cm³/mol. The summed E-state index contributed by atoms with van der Waals surface area (Å²) in [6, 6.07) is 0. The quantitative estimate of drug-likeness (QED) is 0.356. The van der Waals surface area contributed by atoms with Crippen LogP contribution in [-0.4, -0.2) is 31.5 Å². The number of hydrogen-bond donors (Lipinski definition) is 0. The fourth-order valence-corrected chi connectivity index (χ4v) is 0.315. The molecule has 0 saturated heterocycles. The van der Waals surface area contributed by atoms with Crippen molar-refractivity contribution in [3.8, 4) is 0 Å². The molecule has 0 saturated carbocycles. The third-order valence-corrected chi connectivity index (χ3v) is 0.763. The molecule has 0 aliphatic rings. The summed E-state index contributed by atoms with van der Waals surface area (Å²) in [6.07, 6.45) is 0.118. The van der Waals surface area contributed by atoms with E-state index in [0.29, 0.717) is 6.54 Å². The number of rotatable bonds is 3.